The van der Waals surface area contributed by atoms with Crippen molar-refractivity contribution in [3.63, 3.8) is 0 Å². The van der Waals surface area contributed by atoms with Gasteiger partial charge in [0.15, 0.2) is 5.70 Å². The number of hydrogen-bond donors (Lipinski definition) is 0. The molecule has 0 aromatic heterocycles. The van der Waals surface area contributed by atoms with E-state index in [1.807, 2.05) is 0 Å². The summed E-state index contributed by atoms with van der Waals surface area (Å²) in [4.78, 5) is 15.9. The lowest BCUT2D eigenvalue weighted by Crippen LogP contribution is -2.05. The summed E-state index contributed by atoms with van der Waals surface area (Å²) in [6.45, 7) is 0. The third-order valence-electron chi connectivity index (χ3n) is 2.98. The Hall–Kier alpha value is -2.17. The maximum Gasteiger partial charge on any atom is 0.363 e. The lowest BCUT2D eigenvalue weighted by Gasteiger charge is -2.02. The van der Waals surface area contributed by atoms with Crippen molar-refractivity contribution >= 4 is 41.1 Å². The van der Waals surface area contributed by atoms with Gasteiger partial charge < -0.3 is 4.74 Å². The van der Waals surface area contributed by atoms with Crippen LogP contribution < -0.4 is 0 Å². The monoisotopic (exact) mass is 335 g/mol. The number of esters is 1. The normalized spacial score (nSPS) is 15.9. The molecule has 0 fully saturated rings. The van der Waals surface area contributed by atoms with Crippen molar-refractivity contribution in [3.8, 4) is 0 Å². The molecule has 6 heteroatoms. The zero-order chi connectivity index (χ0) is 15.7. The van der Waals surface area contributed by atoms with Gasteiger partial charge in [0.2, 0.25) is 5.90 Å². The van der Waals surface area contributed by atoms with E-state index in [9.17, 15) is 9.18 Å². The van der Waals surface area contributed by atoms with Gasteiger partial charge in [0.05, 0.1) is 10.6 Å². The molecule has 3 nitrogen and oxygen atoms in total. The average Bonchev–Trinajstić information content (AvgIpc) is 2.82. The molecular weight excluding hydrogens is 328 g/mol. The van der Waals surface area contributed by atoms with Crippen molar-refractivity contribution in [1.82, 2.24) is 0 Å². The number of benzene rings is 2. The van der Waals surface area contributed by atoms with Crippen LogP contribution in [0.5, 0.6) is 0 Å². The van der Waals surface area contributed by atoms with Crippen LogP contribution in [-0.4, -0.2) is 11.9 Å². The molecule has 110 valence electrons. The summed E-state index contributed by atoms with van der Waals surface area (Å²) in [5.74, 6) is -1.05. The zero-order valence-corrected chi connectivity index (χ0v) is 12.5. The number of carbonyl (C=O) groups excluding carboxylic acids is 1. The zero-order valence-electron chi connectivity index (χ0n) is 11.0. The molecule has 0 atom stereocenters. The van der Waals surface area contributed by atoms with E-state index < -0.39 is 11.8 Å². The highest BCUT2D eigenvalue weighted by molar-refractivity contribution is 6.37. The molecule has 2 aromatic rings. The van der Waals surface area contributed by atoms with Crippen LogP contribution in [0.25, 0.3) is 6.08 Å². The summed E-state index contributed by atoms with van der Waals surface area (Å²) in [5.41, 5.74) is 0.698. The minimum atomic E-state index is -0.663. The molecule has 3 rings (SSSR count). The van der Waals surface area contributed by atoms with Crippen LogP contribution in [-0.2, 0) is 9.53 Å². The Kier molecular flexibility index (Phi) is 3.96. The van der Waals surface area contributed by atoms with Gasteiger partial charge >= 0.3 is 5.97 Å². The summed E-state index contributed by atoms with van der Waals surface area (Å²) in [5, 5.41) is 0.770. The first kappa shape index (κ1) is 14.8. The van der Waals surface area contributed by atoms with E-state index in [0.29, 0.717) is 15.6 Å². The second-order valence-electron chi connectivity index (χ2n) is 4.48. The van der Waals surface area contributed by atoms with Gasteiger partial charge in [0.25, 0.3) is 0 Å². The molecule has 2 aromatic carbocycles. The summed E-state index contributed by atoms with van der Waals surface area (Å²) in [7, 11) is 0. The summed E-state index contributed by atoms with van der Waals surface area (Å²) in [6.07, 6.45) is 1.33. The van der Waals surface area contributed by atoms with Crippen molar-refractivity contribution in [2.45, 2.75) is 0 Å². The highest BCUT2D eigenvalue weighted by atomic mass is 35.5. The van der Waals surface area contributed by atoms with Crippen molar-refractivity contribution in [2.75, 3.05) is 0 Å². The number of hydrogen-bond acceptors (Lipinski definition) is 3. The topological polar surface area (TPSA) is 38.7 Å². The lowest BCUT2D eigenvalue weighted by molar-refractivity contribution is -0.129. The van der Waals surface area contributed by atoms with Gasteiger partial charge in [0.1, 0.15) is 5.82 Å². The fraction of sp³-hybridized carbons (Fsp3) is 0. The fourth-order valence-electron chi connectivity index (χ4n) is 1.93. The van der Waals surface area contributed by atoms with Gasteiger partial charge in [-0.1, -0.05) is 41.4 Å². The van der Waals surface area contributed by atoms with Crippen LogP contribution in [0.2, 0.25) is 10.0 Å². The van der Waals surface area contributed by atoms with E-state index in [0.717, 1.165) is 0 Å². The number of rotatable bonds is 2. The van der Waals surface area contributed by atoms with Gasteiger partial charge in [-0.05, 0) is 30.3 Å². The van der Waals surface area contributed by atoms with Gasteiger partial charge in [-0.15, -0.1) is 0 Å². The summed E-state index contributed by atoms with van der Waals surface area (Å²) in [6, 6.07) is 10.8. The first-order chi connectivity index (χ1) is 10.5. The van der Waals surface area contributed by atoms with Crippen LogP contribution in [0.4, 0.5) is 4.39 Å². The SMILES string of the molecule is O=C1OC(c2ccc(Cl)cc2Cl)=NC1=Cc1ccccc1F. The Balaban J connectivity index is 2.00. The second-order valence-corrected chi connectivity index (χ2v) is 5.33. The van der Waals surface area contributed by atoms with Crippen LogP contribution in [0.15, 0.2) is 53.2 Å². The molecule has 0 saturated heterocycles. The highest BCUT2D eigenvalue weighted by Crippen LogP contribution is 2.26. The molecule has 0 N–H and O–H groups in total. The predicted octanol–water partition coefficient (Wildman–Crippen LogP) is 4.48. The largest absolute Gasteiger partial charge is 0.402 e. The Bertz CT molecular complexity index is 831. The molecular formula is C16H8Cl2FNO2. The first-order valence-electron chi connectivity index (χ1n) is 6.27. The van der Waals surface area contributed by atoms with Gasteiger partial charge in [0, 0.05) is 10.6 Å². The standard InChI is InChI=1S/C16H8Cl2FNO2/c17-10-5-6-11(12(18)8-10)15-20-14(16(21)22-15)7-9-3-1-2-4-13(9)19/h1-8H. The Labute approximate surface area is 135 Å². The Morgan fingerprint density at radius 3 is 2.64 bits per heavy atom. The maximum absolute atomic E-state index is 13.6. The third-order valence-corrected chi connectivity index (χ3v) is 3.53. The number of ether oxygens (including phenoxy) is 1. The van der Waals surface area contributed by atoms with Gasteiger partial charge in [-0.2, -0.15) is 0 Å². The van der Waals surface area contributed by atoms with Crippen LogP contribution in [0.1, 0.15) is 11.1 Å². The Morgan fingerprint density at radius 1 is 1.14 bits per heavy atom. The predicted molar refractivity (Wildman–Crippen MR) is 83.5 cm³/mol. The molecule has 0 bridgehead atoms. The molecule has 0 unspecified atom stereocenters. The molecule has 0 saturated carbocycles. The molecule has 22 heavy (non-hydrogen) atoms. The van der Waals surface area contributed by atoms with E-state index in [4.69, 9.17) is 27.9 Å². The van der Waals surface area contributed by atoms with Crippen LogP contribution in [0, 0.1) is 5.82 Å². The van der Waals surface area contributed by atoms with Crippen LogP contribution in [0.3, 0.4) is 0 Å². The van der Waals surface area contributed by atoms with Crippen molar-refractivity contribution in [2.24, 2.45) is 4.99 Å². The molecule has 0 amide bonds. The van der Waals surface area contributed by atoms with Crippen molar-refractivity contribution in [3.05, 3.63) is 75.2 Å². The minimum absolute atomic E-state index is 0.00566. The first-order valence-corrected chi connectivity index (χ1v) is 7.03. The van der Waals surface area contributed by atoms with Gasteiger partial charge in [-0.3, -0.25) is 0 Å². The summed E-state index contributed by atoms with van der Waals surface area (Å²) < 4.78 is 18.7. The summed E-state index contributed by atoms with van der Waals surface area (Å²) >= 11 is 11.9. The van der Waals surface area contributed by atoms with E-state index in [-0.39, 0.29) is 17.2 Å². The number of cyclic esters (lactones) is 1. The fourth-order valence-corrected chi connectivity index (χ4v) is 2.42. The van der Waals surface area contributed by atoms with E-state index >= 15 is 0 Å². The number of carbonyl (C=O) groups is 1. The van der Waals surface area contributed by atoms with Gasteiger partial charge in [-0.25, -0.2) is 14.2 Å². The smallest absolute Gasteiger partial charge is 0.363 e. The average molecular weight is 336 g/mol. The maximum atomic E-state index is 13.6. The van der Waals surface area contributed by atoms with E-state index in [1.54, 1.807) is 30.3 Å². The number of nitrogens with zero attached hydrogens (tertiary/aromatic N) is 1. The number of aliphatic imine (C=N–C) groups is 1. The highest BCUT2D eigenvalue weighted by Gasteiger charge is 2.25. The van der Waals surface area contributed by atoms with Crippen LogP contribution >= 0.6 is 23.2 Å². The van der Waals surface area contributed by atoms with E-state index in [2.05, 4.69) is 4.99 Å². The lowest BCUT2D eigenvalue weighted by atomic mass is 10.2. The Morgan fingerprint density at radius 2 is 1.91 bits per heavy atom. The molecule has 1 aliphatic heterocycles. The van der Waals surface area contributed by atoms with Crippen molar-refractivity contribution < 1.29 is 13.9 Å². The third kappa shape index (κ3) is 2.89. The molecule has 0 radical (unpaired) electrons. The van der Waals surface area contributed by atoms with E-state index in [1.165, 1.54) is 18.2 Å². The molecule has 1 heterocycles. The van der Waals surface area contributed by atoms with Crippen molar-refractivity contribution in [1.29, 1.82) is 0 Å². The number of halogens is 3. The molecule has 0 aliphatic carbocycles. The quantitative estimate of drug-likeness (QED) is 0.599. The second kappa shape index (κ2) is 5.91. The molecule has 0 spiro atoms. The minimum Gasteiger partial charge on any atom is -0.402 e. The molecule has 1 aliphatic rings.